The van der Waals surface area contributed by atoms with Crippen LogP contribution >= 0.6 is 0 Å². The molecule has 5 aliphatic rings. The summed E-state index contributed by atoms with van der Waals surface area (Å²) in [5, 5.41) is 51.6. The molecule has 11 nitrogen and oxygen atoms in total. The maximum absolute atomic E-state index is 16.3. The molecular weight excluding hydrogens is 511 g/mol. The number of hydrogen-bond donors (Lipinski definition) is 7. The molecule has 6 atom stereocenters. The van der Waals surface area contributed by atoms with E-state index in [1.165, 1.54) is 4.90 Å². The van der Waals surface area contributed by atoms with Gasteiger partial charge in [0.1, 0.15) is 22.9 Å². The molecule has 0 aromatic heterocycles. The number of aliphatic hydroxyl groups excluding tert-OH is 2. The van der Waals surface area contributed by atoms with Crippen LogP contribution in [0.4, 0.5) is 10.1 Å². The van der Waals surface area contributed by atoms with Crippen molar-refractivity contribution in [2.45, 2.75) is 43.9 Å². The number of rotatable bonds is 2. The number of benzene rings is 1. The number of phenols is 1. The number of anilines is 1. The number of halogens is 1. The summed E-state index contributed by atoms with van der Waals surface area (Å²) in [6.07, 6.45) is 0.611. The van der Waals surface area contributed by atoms with Gasteiger partial charge in [0.15, 0.2) is 17.1 Å². The molecule has 2 heterocycles. The van der Waals surface area contributed by atoms with Crippen molar-refractivity contribution in [3.8, 4) is 5.75 Å². The molecule has 1 aromatic carbocycles. The number of nitrogens with one attached hydrogen (secondary N) is 2. The third-order valence-electron chi connectivity index (χ3n) is 9.56. The van der Waals surface area contributed by atoms with E-state index < -0.39 is 69.6 Å². The molecule has 208 valence electrons. The van der Waals surface area contributed by atoms with Gasteiger partial charge in [0.25, 0.3) is 5.91 Å². The Kier molecular flexibility index (Phi) is 5.30. The van der Waals surface area contributed by atoms with Gasteiger partial charge in [-0.2, -0.15) is 0 Å². The predicted molar refractivity (Wildman–Crippen MR) is 136 cm³/mol. The van der Waals surface area contributed by atoms with Gasteiger partial charge in [-0.3, -0.25) is 19.3 Å². The Morgan fingerprint density at radius 3 is 2.54 bits per heavy atom. The topological polar surface area (TPSA) is 185 Å². The number of ketones is 2. The highest BCUT2D eigenvalue weighted by Gasteiger charge is 2.63. The fourth-order valence-corrected chi connectivity index (χ4v) is 7.64. The first kappa shape index (κ1) is 25.8. The molecule has 1 saturated heterocycles. The van der Waals surface area contributed by atoms with Gasteiger partial charge >= 0.3 is 0 Å². The maximum atomic E-state index is 16.3. The van der Waals surface area contributed by atoms with Crippen molar-refractivity contribution in [3.05, 3.63) is 45.2 Å². The van der Waals surface area contributed by atoms with Gasteiger partial charge in [-0.25, -0.2) is 4.39 Å². The highest BCUT2D eigenvalue weighted by Crippen LogP contribution is 2.56. The molecule has 0 saturated carbocycles. The molecule has 2 aliphatic heterocycles. The van der Waals surface area contributed by atoms with E-state index in [-0.39, 0.29) is 52.2 Å². The van der Waals surface area contributed by atoms with Gasteiger partial charge in [-0.05, 0) is 45.8 Å². The molecule has 39 heavy (non-hydrogen) atoms. The summed E-state index contributed by atoms with van der Waals surface area (Å²) in [4.78, 5) is 40.8. The van der Waals surface area contributed by atoms with E-state index in [2.05, 4.69) is 10.6 Å². The summed E-state index contributed by atoms with van der Waals surface area (Å²) in [5.74, 6) is -8.21. The first-order valence-electron chi connectivity index (χ1n) is 12.9. The van der Waals surface area contributed by atoms with Crippen LogP contribution in [0.3, 0.4) is 0 Å². The van der Waals surface area contributed by atoms with Gasteiger partial charge in [-0.1, -0.05) is 6.92 Å². The van der Waals surface area contributed by atoms with Crippen molar-refractivity contribution < 1.29 is 39.2 Å². The predicted octanol–water partition coefficient (Wildman–Crippen LogP) is 0.726. The number of carbonyl (C=O) groups excluding carboxylic acids is 3. The average Bonchev–Trinajstić information content (AvgIpc) is 3.25. The lowest BCUT2D eigenvalue weighted by Crippen LogP contribution is -2.63. The van der Waals surface area contributed by atoms with Crippen molar-refractivity contribution in [2.24, 2.45) is 23.0 Å². The van der Waals surface area contributed by atoms with E-state index in [4.69, 9.17) is 5.73 Å². The summed E-state index contributed by atoms with van der Waals surface area (Å²) < 4.78 is 16.3. The lowest BCUT2D eigenvalue weighted by Gasteiger charge is -2.50. The number of allylic oxidation sites excluding steroid dienone is 1. The second kappa shape index (κ2) is 8.03. The molecule has 1 amide bonds. The largest absolute Gasteiger partial charge is 0.510 e. The lowest BCUT2D eigenvalue weighted by molar-refractivity contribution is -0.148. The Balaban J connectivity index is 1.55. The number of aromatic hydroxyl groups is 1. The number of likely N-dealkylation sites (N-methyl/N-ethyl adjacent to an activating group) is 1. The molecule has 0 spiro atoms. The second-order valence-electron chi connectivity index (χ2n) is 11.9. The molecule has 8 N–H and O–H groups in total. The van der Waals surface area contributed by atoms with Crippen LogP contribution in [0, 0.1) is 23.1 Å². The van der Waals surface area contributed by atoms with E-state index in [0.717, 1.165) is 6.42 Å². The number of carbonyl (C=O) groups is 3. The van der Waals surface area contributed by atoms with Crippen molar-refractivity contribution >= 4 is 23.2 Å². The number of nitrogens with zero attached hydrogens (tertiary/aromatic N) is 1. The van der Waals surface area contributed by atoms with E-state index in [9.17, 15) is 34.8 Å². The third kappa shape index (κ3) is 3.04. The molecule has 3 aliphatic carbocycles. The van der Waals surface area contributed by atoms with Crippen LogP contribution in [0.2, 0.25) is 0 Å². The van der Waals surface area contributed by atoms with Crippen LogP contribution in [0.5, 0.6) is 5.75 Å². The van der Waals surface area contributed by atoms with Crippen molar-refractivity contribution in [1.82, 2.24) is 10.2 Å². The molecule has 1 fully saturated rings. The summed E-state index contributed by atoms with van der Waals surface area (Å²) in [5.41, 5.74) is 1.17. The van der Waals surface area contributed by atoms with Gasteiger partial charge in [0, 0.05) is 40.6 Å². The smallest absolute Gasteiger partial charge is 0.255 e. The Morgan fingerprint density at radius 2 is 1.90 bits per heavy atom. The summed E-state index contributed by atoms with van der Waals surface area (Å²) in [6.45, 7) is 3.14. The van der Waals surface area contributed by atoms with Crippen LogP contribution in [0.1, 0.15) is 47.3 Å². The number of nitrogens with two attached hydrogens (primary N) is 1. The van der Waals surface area contributed by atoms with E-state index in [1.807, 2.05) is 6.92 Å². The zero-order chi connectivity index (χ0) is 28.3. The van der Waals surface area contributed by atoms with Gasteiger partial charge < -0.3 is 36.8 Å². The fraction of sp³-hybridized carbons (Fsp3) is 0.519. The number of Topliss-reactive ketones (excluding diaryl/α,β-unsaturated/α-hetero) is 2. The summed E-state index contributed by atoms with van der Waals surface area (Å²) in [7, 11) is 3.10. The van der Waals surface area contributed by atoms with Crippen LogP contribution in [-0.2, 0) is 16.0 Å². The number of phenolic OH excluding ortho intramolecular Hbond substituents is 1. The molecular formula is C27H31FN4O7. The number of amides is 1. The first-order chi connectivity index (χ1) is 18.3. The molecule has 12 heteroatoms. The Hall–Kier alpha value is -3.48. The third-order valence-corrected chi connectivity index (χ3v) is 9.56. The van der Waals surface area contributed by atoms with Crippen molar-refractivity contribution in [2.75, 3.05) is 32.5 Å². The number of hydrogen-bond acceptors (Lipinski definition) is 10. The SMILES string of the molecule is CN(C)[C@@H]1C(O)=C(C(N)=O)C(=O)[C@@]2(O)C(O)=C3C(=O)c4c(O)c5c(c(F)c4C[C@H]3C[C@@H]12)C1NCCC1(C)CN5. The minimum absolute atomic E-state index is 0.00381. The number of fused-ring (bicyclic) bond motifs is 6. The van der Waals surface area contributed by atoms with E-state index in [0.29, 0.717) is 13.1 Å². The first-order valence-corrected chi connectivity index (χ1v) is 12.9. The van der Waals surface area contributed by atoms with Crippen LogP contribution in [0.25, 0.3) is 0 Å². The monoisotopic (exact) mass is 542 g/mol. The summed E-state index contributed by atoms with van der Waals surface area (Å²) in [6, 6.07) is -1.48. The van der Waals surface area contributed by atoms with Crippen LogP contribution < -0.4 is 16.4 Å². The molecule has 2 unspecified atom stereocenters. The number of aliphatic hydroxyl groups is 3. The highest BCUT2D eigenvalue weighted by molar-refractivity contribution is 6.25. The van der Waals surface area contributed by atoms with Gasteiger partial charge in [0.05, 0.1) is 17.3 Å². The fourth-order valence-electron chi connectivity index (χ4n) is 7.64. The zero-order valence-electron chi connectivity index (χ0n) is 21.8. The van der Waals surface area contributed by atoms with Crippen LogP contribution in [0.15, 0.2) is 22.7 Å². The highest BCUT2D eigenvalue weighted by atomic mass is 19.1. The Bertz CT molecular complexity index is 1450. The molecule has 6 rings (SSSR count). The van der Waals surface area contributed by atoms with Gasteiger partial charge in [-0.15, -0.1) is 0 Å². The minimum Gasteiger partial charge on any atom is -0.510 e. The summed E-state index contributed by atoms with van der Waals surface area (Å²) >= 11 is 0. The standard InChI is InChI=1S/C27H31FN4O7/c1-26-4-5-30-22(26)14-16(28)10-6-9-7-11-18(32(2)3)21(35)15(25(29)38)24(37)27(11,39)23(36)12(9)19(33)13(10)20(34)17(14)31-8-26/h9,11,18,22,30-31,34-36,39H,4-8H2,1-3H3,(H2,29,38)/t9-,11-,18-,22?,26?,27-/m0/s1. The maximum Gasteiger partial charge on any atom is 0.255 e. The molecule has 0 bridgehead atoms. The lowest BCUT2D eigenvalue weighted by atomic mass is 9.58. The molecule has 0 radical (unpaired) electrons. The molecule has 1 aromatic rings. The Labute approximate surface area is 223 Å². The quantitative estimate of drug-likeness (QED) is 0.207. The van der Waals surface area contributed by atoms with Crippen molar-refractivity contribution in [3.63, 3.8) is 0 Å². The normalized spacial score (nSPS) is 35.2. The van der Waals surface area contributed by atoms with Crippen LogP contribution in [-0.4, -0.2) is 81.6 Å². The second-order valence-corrected chi connectivity index (χ2v) is 11.9. The van der Waals surface area contributed by atoms with Gasteiger partial charge in [0.2, 0.25) is 5.78 Å². The zero-order valence-corrected chi connectivity index (χ0v) is 21.8. The number of primary amides is 1. The van der Waals surface area contributed by atoms with Crippen molar-refractivity contribution in [1.29, 1.82) is 0 Å². The van der Waals surface area contributed by atoms with E-state index >= 15 is 4.39 Å². The Morgan fingerprint density at radius 1 is 1.21 bits per heavy atom. The average molecular weight is 543 g/mol. The van der Waals surface area contributed by atoms with E-state index in [1.54, 1.807) is 14.1 Å². The minimum atomic E-state index is -2.74.